The maximum Gasteiger partial charge on any atom is 0.311 e. The highest BCUT2D eigenvalue weighted by Gasteiger charge is 2.26. The highest BCUT2D eigenvalue weighted by molar-refractivity contribution is 5.95. The summed E-state index contributed by atoms with van der Waals surface area (Å²) in [6.45, 7) is 1.87. The van der Waals surface area contributed by atoms with E-state index in [2.05, 4.69) is 16.0 Å². The van der Waals surface area contributed by atoms with E-state index in [0.29, 0.717) is 35.4 Å². The van der Waals surface area contributed by atoms with Crippen LogP contribution in [0.3, 0.4) is 0 Å². The monoisotopic (exact) mass is 604 g/mol. The molecule has 0 saturated carbocycles. The third-order valence-electron chi connectivity index (χ3n) is 6.47. The molecule has 3 aromatic rings. The van der Waals surface area contributed by atoms with Crippen LogP contribution in [-0.2, 0) is 36.8 Å². The fourth-order valence-electron chi connectivity index (χ4n) is 4.15. The molecule has 0 aromatic heterocycles. The second kappa shape index (κ2) is 16.3. The van der Waals surface area contributed by atoms with Gasteiger partial charge in [-0.25, -0.2) is 0 Å². The number of phenols is 2. The summed E-state index contributed by atoms with van der Waals surface area (Å²) in [6, 6.07) is 16.1. The first-order valence-electron chi connectivity index (χ1n) is 14.1. The molecule has 0 spiro atoms. The van der Waals surface area contributed by atoms with Gasteiger partial charge in [-0.05, 0) is 66.1 Å². The molecule has 44 heavy (non-hydrogen) atoms. The number of carbonyl (C=O) groups excluding carboxylic acids is 5. The highest BCUT2D eigenvalue weighted by Crippen LogP contribution is 2.17. The average molecular weight is 605 g/mol. The number of esters is 1. The topological polar surface area (TPSA) is 197 Å². The molecule has 0 unspecified atom stereocenters. The van der Waals surface area contributed by atoms with Crippen LogP contribution in [0.1, 0.15) is 43.7 Å². The van der Waals surface area contributed by atoms with Crippen LogP contribution in [0.15, 0.2) is 72.8 Å². The van der Waals surface area contributed by atoms with Crippen molar-refractivity contribution in [2.75, 3.05) is 5.32 Å². The van der Waals surface area contributed by atoms with Crippen molar-refractivity contribution >= 4 is 35.3 Å². The van der Waals surface area contributed by atoms with Crippen LogP contribution in [0, 0.1) is 0 Å². The molecule has 0 radical (unpaired) electrons. The Morgan fingerprint density at radius 2 is 1.23 bits per heavy atom. The number of phenolic OH excluding ortho intramolecular Hbond substituents is 2. The molecule has 7 N–H and O–H groups in total. The molecule has 0 fully saturated rings. The molecule has 12 nitrogen and oxygen atoms in total. The molecular weight excluding hydrogens is 568 g/mol. The van der Waals surface area contributed by atoms with Crippen LogP contribution in [0.4, 0.5) is 5.69 Å². The van der Waals surface area contributed by atoms with Gasteiger partial charge in [0.1, 0.15) is 29.3 Å². The van der Waals surface area contributed by atoms with E-state index < -0.39 is 35.7 Å². The maximum atomic E-state index is 13.3. The summed E-state index contributed by atoms with van der Waals surface area (Å²) >= 11 is 0. The molecule has 3 rings (SSSR count). The lowest BCUT2D eigenvalue weighted by Gasteiger charge is -2.22. The van der Waals surface area contributed by atoms with Crippen LogP contribution in [0.2, 0.25) is 0 Å². The van der Waals surface area contributed by atoms with Gasteiger partial charge < -0.3 is 36.6 Å². The minimum atomic E-state index is -1.13. The number of amides is 4. The summed E-state index contributed by atoms with van der Waals surface area (Å²) in [7, 11) is 0. The van der Waals surface area contributed by atoms with Crippen molar-refractivity contribution in [2.45, 2.75) is 57.5 Å². The largest absolute Gasteiger partial charge is 0.508 e. The first-order valence-corrected chi connectivity index (χ1v) is 14.1. The smallest absolute Gasteiger partial charge is 0.311 e. The van der Waals surface area contributed by atoms with Crippen LogP contribution in [0.25, 0.3) is 0 Å². The number of hydrogen-bond donors (Lipinski definition) is 6. The Kier molecular flexibility index (Phi) is 12.3. The summed E-state index contributed by atoms with van der Waals surface area (Å²) in [5, 5.41) is 27.0. The number of anilines is 1. The Morgan fingerprint density at radius 3 is 1.75 bits per heavy atom. The predicted molar refractivity (Wildman–Crippen MR) is 162 cm³/mol. The number of primary amides is 1. The minimum Gasteiger partial charge on any atom is -0.508 e. The molecule has 3 aromatic carbocycles. The van der Waals surface area contributed by atoms with E-state index in [0.717, 1.165) is 0 Å². The number of aromatic hydroxyl groups is 2. The van der Waals surface area contributed by atoms with Crippen LogP contribution < -0.4 is 26.4 Å². The lowest BCUT2D eigenvalue weighted by Crippen LogP contribution is -2.54. The van der Waals surface area contributed by atoms with Gasteiger partial charge in [0, 0.05) is 37.8 Å². The Hall–Kier alpha value is -5.39. The van der Waals surface area contributed by atoms with Crippen LogP contribution in [0.5, 0.6) is 17.2 Å². The number of nitrogens with two attached hydrogens (primary N) is 1. The number of ether oxygens (including phenoxy) is 1. The molecule has 4 amide bonds. The van der Waals surface area contributed by atoms with Crippen molar-refractivity contribution < 1.29 is 38.9 Å². The minimum absolute atomic E-state index is 0.0274. The maximum absolute atomic E-state index is 13.3. The Labute approximate surface area is 254 Å². The second-order valence-electron chi connectivity index (χ2n) is 10.1. The molecule has 0 saturated heterocycles. The fourth-order valence-corrected chi connectivity index (χ4v) is 4.15. The van der Waals surface area contributed by atoms with Gasteiger partial charge in [-0.3, -0.25) is 24.0 Å². The fraction of sp³-hybridized carbons (Fsp3) is 0.281. The van der Waals surface area contributed by atoms with Gasteiger partial charge in [0.2, 0.25) is 23.6 Å². The SMILES string of the molecule is CCCC(=O)Oc1ccc(NC(=O)CCC(=O)N[C@@H](Cc2ccc(O)cc2)C(=O)N[C@@H](Cc2ccc(O)cc2)C(N)=O)cc1. The van der Waals surface area contributed by atoms with Crippen molar-refractivity contribution in [3.8, 4) is 17.2 Å². The number of carbonyl (C=O) groups is 5. The van der Waals surface area contributed by atoms with Crippen LogP contribution in [-0.4, -0.2) is 51.9 Å². The summed E-state index contributed by atoms with van der Waals surface area (Å²) < 4.78 is 5.18. The van der Waals surface area contributed by atoms with Crippen molar-refractivity contribution in [1.82, 2.24) is 10.6 Å². The van der Waals surface area contributed by atoms with Gasteiger partial charge in [-0.15, -0.1) is 0 Å². The van der Waals surface area contributed by atoms with E-state index in [1.807, 2.05) is 6.92 Å². The van der Waals surface area contributed by atoms with Gasteiger partial charge in [-0.2, -0.15) is 0 Å². The van der Waals surface area contributed by atoms with Gasteiger partial charge in [-0.1, -0.05) is 31.2 Å². The Bertz CT molecular complexity index is 1440. The summed E-state index contributed by atoms with van der Waals surface area (Å²) in [5.41, 5.74) is 7.25. The zero-order chi connectivity index (χ0) is 32.1. The zero-order valence-electron chi connectivity index (χ0n) is 24.2. The molecule has 12 heteroatoms. The van der Waals surface area contributed by atoms with Crippen molar-refractivity contribution in [1.29, 1.82) is 0 Å². The third kappa shape index (κ3) is 11.1. The van der Waals surface area contributed by atoms with Crippen LogP contribution >= 0.6 is 0 Å². The molecule has 2 atom stereocenters. The molecule has 0 aliphatic rings. The predicted octanol–water partition coefficient (Wildman–Crippen LogP) is 2.46. The van der Waals surface area contributed by atoms with E-state index in [9.17, 15) is 34.2 Å². The lowest BCUT2D eigenvalue weighted by molar-refractivity contribution is -0.134. The summed E-state index contributed by atoms with van der Waals surface area (Å²) in [5.74, 6) is -2.41. The molecular formula is C32H36N4O8. The van der Waals surface area contributed by atoms with Gasteiger partial charge >= 0.3 is 5.97 Å². The molecule has 0 bridgehead atoms. The highest BCUT2D eigenvalue weighted by atomic mass is 16.5. The van der Waals surface area contributed by atoms with Gasteiger partial charge in [0.05, 0.1) is 0 Å². The summed E-state index contributed by atoms with van der Waals surface area (Å²) in [6.07, 6.45) is 0.636. The Balaban J connectivity index is 1.60. The number of hydrogen-bond acceptors (Lipinski definition) is 8. The zero-order valence-corrected chi connectivity index (χ0v) is 24.2. The number of benzene rings is 3. The average Bonchev–Trinajstić information content (AvgIpc) is 2.98. The lowest BCUT2D eigenvalue weighted by atomic mass is 10.0. The number of rotatable bonds is 15. The quantitative estimate of drug-likeness (QED) is 0.112. The van der Waals surface area contributed by atoms with Crippen molar-refractivity contribution in [3.05, 3.63) is 83.9 Å². The molecule has 0 aliphatic carbocycles. The number of nitrogens with one attached hydrogen (secondary N) is 3. The van der Waals surface area contributed by atoms with Gasteiger partial charge in [0.25, 0.3) is 0 Å². The first-order chi connectivity index (χ1) is 21.0. The van der Waals surface area contributed by atoms with E-state index in [1.165, 1.54) is 24.3 Å². The standard InChI is InChI=1S/C32H36N4O8/c1-2-3-30(41)44-25-14-8-22(9-15-25)34-28(39)16-17-29(40)35-27(19-21-6-12-24(38)13-7-21)32(43)36-26(31(33)42)18-20-4-10-23(37)11-5-20/h4-15,26-27,37-38H,2-3,16-19H2,1H3,(H2,33,42)(H,34,39)(H,35,40)(H,36,43)/t26-,27-/m0/s1. The van der Waals surface area contributed by atoms with Crippen molar-refractivity contribution in [2.24, 2.45) is 5.73 Å². The van der Waals surface area contributed by atoms with Gasteiger partial charge in [0.15, 0.2) is 0 Å². The second-order valence-corrected chi connectivity index (χ2v) is 10.1. The molecule has 0 heterocycles. The van der Waals surface area contributed by atoms with E-state index in [-0.39, 0.29) is 43.2 Å². The summed E-state index contributed by atoms with van der Waals surface area (Å²) in [4.78, 5) is 62.4. The van der Waals surface area contributed by atoms with E-state index >= 15 is 0 Å². The first kappa shape index (κ1) is 33.1. The van der Waals surface area contributed by atoms with E-state index in [4.69, 9.17) is 10.5 Å². The Morgan fingerprint density at radius 1 is 0.705 bits per heavy atom. The molecule has 232 valence electrons. The molecule has 0 aliphatic heterocycles. The third-order valence-corrected chi connectivity index (χ3v) is 6.47. The van der Waals surface area contributed by atoms with E-state index in [1.54, 1.807) is 48.5 Å². The normalized spacial score (nSPS) is 11.9. The van der Waals surface area contributed by atoms with Crippen molar-refractivity contribution in [3.63, 3.8) is 0 Å².